The highest BCUT2D eigenvalue weighted by molar-refractivity contribution is 7.90. The van der Waals surface area contributed by atoms with Crippen molar-refractivity contribution >= 4 is 15.7 Å². The molecule has 2 fully saturated rings. The number of nitrogens with one attached hydrogen (secondary N) is 2. The summed E-state index contributed by atoms with van der Waals surface area (Å²) in [6.07, 6.45) is 0.203. The Bertz CT molecular complexity index is 1050. The highest BCUT2D eigenvalue weighted by Crippen LogP contribution is 2.40. The van der Waals surface area contributed by atoms with Crippen LogP contribution in [0.5, 0.6) is 0 Å². The van der Waals surface area contributed by atoms with E-state index in [1.165, 1.54) is 0 Å². The third kappa shape index (κ3) is 5.54. The van der Waals surface area contributed by atoms with Gasteiger partial charge in [0.2, 0.25) is 11.4 Å². The van der Waals surface area contributed by atoms with E-state index in [1.54, 1.807) is 0 Å². The highest BCUT2D eigenvalue weighted by atomic mass is 32.2. The lowest BCUT2D eigenvalue weighted by atomic mass is 9.89. The number of nitrogens with zero attached hydrogens (tertiary/aromatic N) is 2. The molecule has 1 aromatic rings. The molecule has 0 spiro atoms. The minimum Gasteiger partial charge on any atom is -0.336 e. The summed E-state index contributed by atoms with van der Waals surface area (Å²) in [5.74, 6) is 2.78. The maximum atomic E-state index is 14.5. The van der Waals surface area contributed by atoms with E-state index < -0.39 is 44.8 Å². The second kappa shape index (κ2) is 8.13. The summed E-state index contributed by atoms with van der Waals surface area (Å²) in [4.78, 5) is 16.5. The van der Waals surface area contributed by atoms with E-state index in [4.69, 9.17) is 0 Å². The van der Waals surface area contributed by atoms with Crippen molar-refractivity contribution in [1.82, 2.24) is 15.6 Å². The number of pyridine rings is 1. The zero-order valence-corrected chi connectivity index (χ0v) is 17.5. The number of sulfone groups is 1. The molecule has 0 saturated heterocycles. The number of hydrogen-bond acceptors (Lipinski definition) is 6. The lowest BCUT2D eigenvalue weighted by Crippen LogP contribution is -2.62. The van der Waals surface area contributed by atoms with Crippen LogP contribution in [0, 0.1) is 29.1 Å². The van der Waals surface area contributed by atoms with Crippen molar-refractivity contribution in [2.24, 2.45) is 5.92 Å². The van der Waals surface area contributed by atoms with Gasteiger partial charge in [0, 0.05) is 24.6 Å². The molecule has 1 heterocycles. The van der Waals surface area contributed by atoms with Crippen molar-refractivity contribution in [2.75, 3.05) is 12.0 Å². The molecule has 31 heavy (non-hydrogen) atoms. The van der Waals surface area contributed by atoms with Crippen LogP contribution in [0.3, 0.4) is 0 Å². The van der Waals surface area contributed by atoms with Gasteiger partial charge in [-0.15, -0.1) is 0 Å². The van der Waals surface area contributed by atoms with E-state index in [0.717, 1.165) is 30.8 Å². The Labute approximate surface area is 178 Å². The van der Waals surface area contributed by atoms with E-state index in [2.05, 4.69) is 27.5 Å². The van der Waals surface area contributed by atoms with Crippen molar-refractivity contribution in [2.45, 2.75) is 49.0 Å². The summed E-state index contributed by atoms with van der Waals surface area (Å²) in [6, 6.07) is 2.36. The fourth-order valence-corrected chi connectivity index (χ4v) is 3.85. The molecule has 1 aromatic heterocycles. The molecule has 0 aromatic carbocycles. The van der Waals surface area contributed by atoms with Crippen molar-refractivity contribution in [3.8, 4) is 17.9 Å². The molecule has 2 atom stereocenters. The quantitative estimate of drug-likeness (QED) is 0.603. The predicted molar refractivity (Wildman–Crippen MR) is 105 cm³/mol. The minimum atomic E-state index is -4.99. The SMILES string of the molecule is CS(=O)(=O)C[C@H](N[C@@](C#CC1CC1)(c1ccncc1)C(F)(F)F)C(=O)NC1(C#N)CC1. The summed E-state index contributed by atoms with van der Waals surface area (Å²) in [5.41, 5.74) is -4.48. The molecule has 2 saturated carbocycles. The topological polar surface area (TPSA) is 112 Å². The van der Waals surface area contributed by atoms with Gasteiger partial charge in [0.15, 0.2) is 0 Å². The Kier molecular flexibility index (Phi) is 6.05. The molecule has 1 amide bonds. The molecular weight excluding hydrogens is 433 g/mol. The molecule has 11 heteroatoms. The van der Waals surface area contributed by atoms with Gasteiger partial charge in [-0.3, -0.25) is 15.1 Å². The Morgan fingerprint density at radius 3 is 2.39 bits per heavy atom. The zero-order valence-electron chi connectivity index (χ0n) is 16.7. The molecule has 0 aliphatic heterocycles. The smallest absolute Gasteiger partial charge is 0.336 e. The van der Waals surface area contributed by atoms with Crippen LogP contribution >= 0.6 is 0 Å². The van der Waals surface area contributed by atoms with Crippen LogP contribution in [0.4, 0.5) is 13.2 Å². The second-order valence-electron chi connectivity index (χ2n) is 8.00. The Balaban J connectivity index is 2.06. The molecule has 2 aliphatic rings. The molecule has 0 radical (unpaired) electrons. The van der Waals surface area contributed by atoms with Crippen LogP contribution in [-0.4, -0.2) is 49.1 Å². The average Bonchev–Trinajstić information content (AvgIpc) is 3.59. The number of halogens is 3. The van der Waals surface area contributed by atoms with E-state index in [0.29, 0.717) is 25.7 Å². The molecule has 7 nitrogen and oxygen atoms in total. The van der Waals surface area contributed by atoms with Crippen LogP contribution in [0.2, 0.25) is 0 Å². The van der Waals surface area contributed by atoms with E-state index in [1.807, 2.05) is 6.07 Å². The Morgan fingerprint density at radius 1 is 1.32 bits per heavy atom. The second-order valence-corrected chi connectivity index (χ2v) is 10.2. The van der Waals surface area contributed by atoms with Gasteiger partial charge in [-0.05, 0) is 43.4 Å². The van der Waals surface area contributed by atoms with Gasteiger partial charge in [-0.25, -0.2) is 8.42 Å². The largest absolute Gasteiger partial charge is 0.422 e. The lowest BCUT2D eigenvalue weighted by molar-refractivity contribution is -0.184. The number of amides is 1. The van der Waals surface area contributed by atoms with Crippen molar-refractivity contribution in [3.05, 3.63) is 30.1 Å². The molecule has 0 unspecified atom stereocenters. The van der Waals surface area contributed by atoms with Gasteiger partial charge in [-0.1, -0.05) is 11.8 Å². The number of rotatable bonds is 7. The number of nitriles is 1. The first kappa shape index (κ1) is 23.0. The van der Waals surface area contributed by atoms with Gasteiger partial charge < -0.3 is 5.32 Å². The van der Waals surface area contributed by atoms with E-state index in [-0.39, 0.29) is 11.5 Å². The third-order valence-electron chi connectivity index (χ3n) is 5.08. The number of carbonyl (C=O) groups excluding carboxylic acids is 1. The molecule has 166 valence electrons. The number of carbonyl (C=O) groups is 1. The Hall–Kier alpha value is -2.63. The van der Waals surface area contributed by atoms with Gasteiger partial charge in [-0.2, -0.15) is 18.4 Å². The van der Waals surface area contributed by atoms with Crippen molar-refractivity contribution in [1.29, 1.82) is 5.26 Å². The van der Waals surface area contributed by atoms with Crippen LogP contribution in [0.15, 0.2) is 24.5 Å². The summed E-state index contributed by atoms with van der Waals surface area (Å²) in [6.45, 7) is 0. The molecule has 0 bridgehead atoms. The monoisotopic (exact) mass is 454 g/mol. The maximum Gasteiger partial charge on any atom is 0.422 e. The predicted octanol–water partition coefficient (Wildman–Crippen LogP) is 1.43. The highest BCUT2D eigenvalue weighted by Gasteiger charge is 2.58. The third-order valence-corrected chi connectivity index (χ3v) is 6.02. The van der Waals surface area contributed by atoms with Crippen LogP contribution in [0.1, 0.15) is 31.2 Å². The number of aromatic nitrogens is 1. The van der Waals surface area contributed by atoms with Gasteiger partial charge in [0.25, 0.3) is 0 Å². The number of alkyl halides is 3. The van der Waals surface area contributed by atoms with Crippen LogP contribution in [-0.2, 0) is 20.2 Å². The molecule has 2 aliphatic carbocycles. The first-order valence-corrected chi connectivity index (χ1v) is 11.6. The van der Waals surface area contributed by atoms with Gasteiger partial charge >= 0.3 is 6.18 Å². The van der Waals surface area contributed by atoms with Crippen LogP contribution < -0.4 is 10.6 Å². The summed E-state index contributed by atoms with van der Waals surface area (Å²) in [7, 11) is -3.86. The summed E-state index contributed by atoms with van der Waals surface area (Å²) < 4.78 is 67.3. The van der Waals surface area contributed by atoms with Crippen molar-refractivity contribution in [3.63, 3.8) is 0 Å². The van der Waals surface area contributed by atoms with Gasteiger partial charge in [0.05, 0.1) is 11.8 Å². The van der Waals surface area contributed by atoms with Crippen molar-refractivity contribution < 1.29 is 26.4 Å². The molecule has 2 N–H and O–H groups in total. The normalized spacial score (nSPS) is 20.4. The van der Waals surface area contributed by atoms with E-state index in [9.17, 15) is 31.6 Å². The summed E-state index contributed by atoms with van der Waals surface area (Å²) >= 11 is 0. The lowest BCUT2D eigenvalue weighted by Gasteiger charge is -2.35. The van der Waals surface area contributed by atoms with Crippen LogP contribution in [0.25, 0.3) is 0 Å². The first-order valence-electron chi connectivity index (χ1n) is 9.58. The first-order chi connectivity index (χ1) is 14.4. The molecular formula is C20H21F3N4O3S. The molecule has 3 rings (SSSR count). The number of hydrogen-bond donors (Lipinski definition) is 2. The zero-order chi connectivity index (χ0) is 22.9. The standard InChI is InChI=1S/C20H21F3N4O3S/c1-31(29,30)12-16(17(28)27-18(13-24)8-9-18)26-19(20(21,22)23,7-4-14-2-3-14)15-5-10-25-11-6-15/h5-6,10-11,14,16,26H,2-3,8-9,12H2,1H3,(H,27,28)/t16-,19-/m0/s1. The summed E-state index contributed by atoms with van der Waals surface area (Å²) in [5, 5.41) is 13.8. The van der Waals surface area contributed by atoms with Gasteiger partial charge in [0.1, 0.15) is 21.4 Å². The maximum absolute atomic E-state index is 14.5. The fraction of sp³-hybridized carbons (Fsp3) is 0.550. The minimum absolute atomic E-state index is 0.180. The Morgan fingerprint density at radius 2 is 1.94 bits per heavy atom. The van der Waals surface area contributed by atoms with E-state index >= 15 is 0 Å². The average molecular weight is 454 g/mol. The fourth-order valence-electron chi connectivity index (χ4n) is 3.01.